The number of nitrogens with zero attached hydrogens (tertiary/aromatic N) is 1. The standard InChI is InChI=1S/C24H17Cl2F4N3O3/c1-13(14-5-8-16(9-6-14)36-12-17-18(25)3-2-4-20(17)27)32-33-23(35)22(34)31-21-11-15(24(28,29)30)7-10-19(21)26/h2-11H,12H2,1H3,(H,31,34)(H,33,35)/b32-13+. The largest absolute Gasteiger partial charge is 0.489 e. The Bertz CT molecular complexity index is 1290. The van der Waals surface area contributed by atoms with Crippen LogP contribution in [0.15, 0.2) is 65.8 Å². The summed E-state index contributed by atoms with van der Waals surface area (Å²) in [4.78, 5) is 24.1. The molecule has 0 saturated heterocycles. The lowest BCUT2D eigenvalue weighted by Gasteiger charge is -2.11. The van der Waals surface area contributed by atoms with Crippen molar-refractivity contribution in [2.24, 2.45) is 5.10 Å². The first-order valence-corrected chi connectivity index (χ1v) is 10.9. The second-order valence-corrected chi connectivity index (χ2v) is 8.11. The summed E-state index contributed by atoms with van der Waals surface area (Å²) in [5.41, 5.74) is 1.70. The number of carbonyl (C=O) groups excluding carboxylic acids is 2. The molecule has 12 heteroatoms. The van der Waals surface area contributed by atoms with Crippen LogP contribution in [0.3, 0.4) is 0 Å². The molecule has 6 nitrogen and oxygen atoms in total. The fraction of sp³-hybridized carbons (Fsp3) is 0.125. The van der Waals surface area contributed by atoms with Gasteiger partial charge in [0.15, 0.2) is 0 Å². The molecule has 2 amide bonds. The number of hydrogen-bond donors (Lipinski definition) is 2. The molecular weight excluding hydrogens is 525 g/mol. The molecule has 188 valence electrons. The Balaban J connectivity index is 1.59. The quantitative estimate of drug-likeness (QED) is 0.168. The molecular formula is C24H17Cl2F4N3O3. The zero-order valence-electron chi connectivity index (χ0n) is 18.4. The molecule has 0 bridgehead atoms. The number of alkyl halides is 3. The fourth-order valence-electron chi connectivity index (χ4n) is 2.84. The van der Waals surface area contributed by atoms with E-state index in [-0.39, 0.29) is 27.9 Å². The van der Waals surface area contributed by atoms with E-state index in [9.17, 15) is 27.2 Å². The molecule has 0 atom stereocenters. The maximum Gasteiger partial charge on any atom is 0.416 e. The van der Waals surface area contributed by atoms with Crippen molar-refractivity contribution in [1.82, 2.24) is 5.43 Å². The number of halogens is 6. The van der Waals surface area contributed by atoms with Gasteiger partial charge in [0.25, 0.3) is 0 Å². The highest BCUT2D eigenvalue weighted by atomic mass is 35.5. The highest BCUT2D eigenvalue weighted by molar-refractivity contribution is 6.41. The van der Waals surface area contributed by atoms with E-state index < -0.39 is 29.4 Å². The molecule has 3 rings (SSSR count). The molecule has 0 unspecified atom stereocenters. The maximum atomic E-state index is 13.8. The summed E-state index contributed by atoms with van der Waals surface area (Å²) in [5, 5.41) is 5.91. The Hall–Kier alpha value is -3.63. The van der Waals surface area contributed by atoms with Crippen molar-refractivity contribution >= 4 is 46.4 Å². The summed E-state index contributed by atoms with van der Waals surface area (Å²) < 4.78 is 58.0. The first-order valence-electron chi connectivity index (χ1n) is 10.1. The van der Waals surface area contributed by atoms with Gasteiger partial charge in [0.1, 0.15) is 18.2 Å². The van der Waals surface area contributed by atoms with Crippen LogP contribution in [-0.4, -0.2) is 17.5 Å². The molecule has 36 heavy (non-hydrogen) atoms. The zero-order valence-corrected chi connectivity index (χ0v) is 19.9. The van der Waals surface area contributed by atoms with Crippen molar-refractivity contribution in [2.75, 3.05) is 5.32 Å². The van der Waals surface area contributed by atoms with Gasteiger partial charge >= 0.3 is 18.0 Å². The van der Waals surface area contributed by atoms with Gasteiger partial charge in [-0.25, -0.2) is 9.82 Å². The SMILES string of the molecule is C/C(=N\NC(=O)C(=O)Nc1cc(C(F)(F)F)ccc1Cl)c1ccc(OCc2c(F)cccc2Cl)cc1. The van der Waals surface area contributed by atoms with E-state index in [0.717, 1.165) is 12.1 Å². The van der Waals surface area contributed by atoms with Crippen LogP contribution in [0.5, 0.6) is 5.75 Å². The number of hydrogen-bond acceptors (Lipinski definition) is 4. The van der Waals surface area contributed by atoms with Gasteiger partial charge in [-0.3, -0.25) is 9.59 Å². The Labute approximate surface area is 212 Å². The van der Waals surface area contributed by atoms with Gasteiger partial charge in [0.2, 0.25) is 0 Å². The van der Waals surface area contributed by atoms with Crippen molar-refractivity contribution < 1.29 is 31.9 Å². The van der Waals surface area contributed by atoms with Gasteiger partial charge < -0.3 is 10.1 Å². The molecule has 0 aliphatic rings. The predicted octanol–water partition coefficient (Wildman–Crippen LogP) is 6.21. The Morgan fingerprint density at radius 2 is 1.67 bits per heavy atom. The molecule has 0 fully saturated rings. The minimum atomic E-state index is -4.65. The Kier molecular flexibility index (Phi) is 8.54. The van der Waals surface area contributed by atoms with E-state index in [1.165, 1.54) is 12.1 Å². The van der Waals surface area contributed by atoms with Gasteiger partial charge in [-0.2, -0.15) is 18.3 Å². The van der Waals surface area contributed by atoms with Crippen molar-refractivity contribution in [2.45, 2.75) is 19.7 Å². The monoisotopic (exact) mass is 541 g/mol. The third kappa shape index (κ3) is 6.96. The number of nitrogens with one attached hydrogen (secondary N) is 2. The van der Waals surface area contributed by atoms with Crippen molar-refractivity contribution in [3.8, 4) is 5.75 Å². The maximum absolute atomic E-state index is 13.8. The minimum absolute atomic E-state index is 0.0843. The number of hydrazone groups is 1. The van der Waals surface area contributed by atoms with Crippen LogP contribution in [-0.2, 0) is 22.4 Å². The summed E-state index contributed by atoms with van der Waals surface area (Å²) in [6.07, 6.45) is -4.65. The number of rotatable bonds is 6. The fourth-order valence-corrected chi connectivity index (χ4v) is 3.23. The Morgan fingerprint density at radius 1 is 0.972 bits per heavy atom. The second kappa shape index (κ2) is 11.4. The molecule has 2 N–H and O–H groups in total. The van der Waals surface area contributed by atoms with Crippen LogP contribution < -0.4 is 15.5 Å². The normalized spacial score (nSPS) is 11.7. The molecule has 3 aromatic carbocycles. The summed E-state index contributed by atoms with van der Waals surface area (Å²) in [7, 11) is 0. The van der Waals surface area contributed by atoms with Gasteiger partial charge in [0, 0.05) is 5.56 Å². The average Bonchev–Trinajstić information content (AvgIpc) is 2.83. The van der Waals surface area contributed by atoms with E-state index in [1.807, 2.05) is 10.7 Å². The van der Waals surface area contributed by atoms with E-state index >= 15 is 0 Å². The van der Waals surface area contributed by atoms with Gasteiger partial charge in [0.05, 0.1) is 27.0 Å². The van der Waals surface area contributed by atoms with Gasteiger partial charge in [-0.1, -0.05) is 29.3 Å². The molecule has 0 heterocycles. The van der Waals surface area contributed by atoms with Crippen molar-refractivity contribution in [3.63, 3.8) is 0 Å². The van der Waals surface area contributed by atoms with E-state index in [1.54, 1.807) is 37.3 Å². The van der Waals surface area contributed by atoms with Gasteiger partial charge in [-0.05, 0) is 67.1 Å². The number of ether oxygens (including phenoxy) is 1. The molecule has 0 spiro atoms. The molecule has 0 saturated carbocycles. The predicted molar refractivity (Wildman–Crippen MR) is 128 cm³/mol. The number of carbonyl (C=O) groups is 2. The summed E-state index contributed by atoms with van der Waals surface area (Å²) in [6, 6.07) is 13.0. The van der Waals surface area contributed by atoms with Crippen LogP contribution in [0, 0.1) is 5.82 Å². The first-order chi connectivity index (χ1) is 17.0. The van der Waals surface area contributed by atoms with Crippen LogP contribution in [0.25, 0.3) is 0 Å². The van der Waals surface area contributed by atoms with E-state index in [2.05, 4.69) is 5.10 Å². The lowest BCUT2D eigenvalue weighted by molar-refractivity contribution is -0.137. The summed E-state index contributed by atoms with van der Waals surface area (Å²) in [5.74, 6) is -2.54. The third-order valence-electron chi connectivity index (χ3n) is 4.79. The minimum Gasteiger partial charge on any atom is -0.489 e. The Morgan fingerprint density at radius 3 is 2.31 bits per heavy atom. The number of benzene rings is 3. The molecule has 0 aromatic heterocycles. The van der Waals surface area contributed by atoms with Crippen molar-refractivity contribution in [1.29, 1.82) is 0 Å². The zero-order chi connectivity index (χ0) is 26.5. The van der Waals surface area contributed by atoms with Crippen LogP contribution >= 0.6 is 23.2 Å². The van der Waals surface area contributed by atoms with Crippen LogP contribution in [0.2, 0.25) is 10.0 Å². The van der Waals surface area contributed by atoms with Crippen LogP contribution in [0.1, 0.15) is 23.6 Å². The van der Waals surface area contributed by atoms with E-state index in [4.69, 9.17) is 27.9 Å². The average molecular weight is 542 g/mol. The van der Waals surface area contributed by atoms with Crippen molar-refractivity contribution in [3.05, 3.63) is 93.2 Å². The topological polar surface area (TPSA) is 79.8 Å². The molecule has 0 aliphatic carbocycles. The number of amides is 2. The summed E-state index contributed by atoms with van der Waals surface area (Å²) in [6.45, 7) is 1.47. The smallest absolute Gasteiger partial charge is 0.416 e. The second-order valence-electron chi connectivity index (χ2n) is 7.30. The summed E-state index contributed by atoms with van der Waals surface area (Å²) >= 11 is 11.8. The highest BCUT2D eigenvalue weighted by Crippen LogP contribution is 2.33. The first kappa shape index (κ1) is 27.0. The molecule has 0 aliphatic heterocycles. The lowest BCUT2D eigenvalue weighted by Crippen LogP contribution is -2.33. The highest BCUT2D eigenvalue weighted by Gasteiger charge is 2.31. The van der Waals surface area contributed by atoms with Crippen LogP contribution in [0.4, 0.5) is 23.2 Å². The molecule has 3 aromatic rings. The van der Waals surface area contributed by atoms with Gasteiger partial charge in [-0.15, -0.1) is 0 Å². The lowest BCUT2D eigenvalue weighted by atomic mass is 10.1. The van der Waals surface area contributed by atoms with E-state index in [0.29, 0.717) is 23.1 Å². The number of anilines is 1. The molecule has 0 radical (unpaired) electrons. The third-order valence-corrected chi connectivity index (χ3v) is 5.47.